The van der Waals surface area contributed by atoms with Gasteiger partial charge in [0.05, 0.1) is 11.5 Å². The largest absolute Gasteiger partial charge is 0.486 e. The molecule has 0 saturated heterocycles. The van der Waals surface area contributed by atoms with Gasteiger partial charge in [-0.3, -0.25) is 19.8 Å². The first-order chi connectivity index (χ1) is 12.9. The summed E-state index contributed by atoms with van der Waals surface area (Å²) in [5.74, 6) is 0.993. The van der Waals surface area contributed by atoms with Gasteiger partial charge in [-0.05, 0) is 31.3 Å². The number of carbonyl (C=O) groups is 1. The molecule has 27 heavy (non-hydrogen) atoms. The van der Waals surface area contributed by atoms with Gasteiger partial charge in [0.2, 0.25) is 5.91 Å². The zero-order chi connectivity index (χ0) is 19.4. The lowest BCUT2D eigenvalue weighted by molar-refractivity contribution is -0.383. The molecule has 1 N–H and O–H groups in total. The van der Waals surface area contributed by atoms with Crippen LogP contribution in [0.3, 0.4) is 0 Å². The maximum absolute atomic E-state index is 12.2. The molecule has 0 saturated carbocycles. The molecule has 1 heterocycles. The maximum Gasteiger partial charge on any atom is 0.294 e. The number of halogens is 1. The lowest BCUT2D eigenvalue weighted by Gasteiger charge is -2.29. The molecule has 0 spiro atoms. The minimum atomic E-state index is -0.587. The number of nitrogens with zero attached hydrogens (tertiary/aromatic N) is 2. The first kappa shape index (κ1) is 18.9. The summed E-state index contributed by atoms with van der Waals surface area (Å²) in [5, 5.41) is 13.9. The highest BCUT2D eigenvalue weighted by atomic mass is 35.5. The third-order valence-corrected chi connectivity index (χ3v) is 4.16. The van der Waals surface area contributed by atoms with Crippen LogP contribution in [0.25, 0.3) is 0 Å². The third-order valence-electron chi connectivity index (χ3n) is 3.93. The van der Waals surface area contributed by atoms with E-state index < -0.39 is 4.92 Å². The van der Waals surface area contributed by atoms with Gasteiger partial charge in [-0.25, -0.2) is 0 Å². The van der Waals surface area contributed by atoms with E-state index in [9.17, 15) is 14.9 Å². The number of hydrogen-bond donors (Lipinski definition) is 1. The van der Waals surface area contributed by atoms with Crippen LogP contribution in [0.4, 0.5) is 11.4 Å². The molecule has 2 aromatic carbocycles. The van der Waals surface area contributed by atoms with Crippen LogP contribution in [0.15, 0.2) is 42.5 Å². The summed E-state index contributed by atoms with van der Waals surface area (Å²) in [4.78, 5) is 24.5. The summed E-state index contributed by atoms with van der Waals surface area (Å²) in [6.45, 7) is 0.886. The molecule has 9 heteroatoms. The van der Waals surface area contributed by atoms with Crippen LogP contribution >= 0.6 is 11.6 Å². The van der Waals surface area contributed by atoms with E-state index in [1.807, 2.05) is 24.3 Å². The molecule has 0 radical (unpaired) electrons. The summed E-state index contributed by atoms with van der Waals surface area (Å²) < 4.78 is 11.5. The normalized spacial score (nSPS) is 15.4. The molecule has 0 fully saturated rings. The highest BCUT2D eigenvalue weighted by molar-refractivity contribution is 6.31. The molecule has 3 rings (SSSR count). The molecule has 1 atom stereocenters. The van der Waals surface area contributed by atoms with Gasteiger partial charge < -0.3 is 14.8 Å². The van der Waals surface area contributed by atoms with Crippen molar-refractivity contribution in [2.45, 2.75) is 6.10 Å². The van der Waals surface area contributed by atoms with Gasteiger partial charge in [-0.2, -0.15) is 0 Å². The van der Waals surface area contributed by atoms with Crippen molar-refractivity contribution in [3.8, 4) is 11.5 Å². The van der Waals surface area contributed by atoms with Crippen LogP contribution in [0.2, 0.25) is 5.02 Å². The highest BCUT2D eigenvalue weighted by Gasteiger charge is 2.23. The number of amides is 1. The van der Waals surface area contributed by atoms with E-state index in [4.69, 9.17) is 21.1 Å². The van der Waals surface area contributed by atoms with Crippen LogP contribution in [0.1, 0.15) is 0 Å². The number of rotatable bonds is 6. The van der Waals surface area contributed by atoms with Crippen LogP contribution < -0.4 is 14.8 Å². The summed E-state index contributed by atoms with van der Waals surface area (Å²) in [6.07, 6.45) is -0.220. The number of nitro benzene ring substituents is 1. The van der Waals surface area contributed by atoms with E-state index in [-0.39, 0.29) is 35.0 Å². The Labute approximate surface area is 160 Å². The SMILES string of the molecule is CN(CC(=O)Nc1ccc(Cl)cc1[N+](=O)[O-])CC1COc2ccccc2O1. The first-order valence-electron chi connectivity index (χ1n) is 8.23. The van der Waals surface area contributed by atoms with E-state index in [0.29, 0.717) is 24.7 Å². The molecule has 1 aliphatic rings. The molecule has 2 aromatic rings. The van der Waals surface area contributed by atoms with Crippen molar-refractivity contribution in [1.82, 2.24) is 4.90 Å². The van der Waals surface area contributed by atoms with Gasteiger partial charge in [0, 0.05) is 17.6 Å². The average molecular weight is 392 g/mol. The summed E-state index contributed by atoms with van der Waals surface area (Å²) in [7, 11) is 1.76. The van der Waals surface area contributed by atoms with Crippen molar-refractivity contribution in [3.63, 3.8) is 0 Å². The molecule has 0 aromatic heterocycles. The number of hydrogen-bond acceptors (Lipinski definition) is 6. The number of likely N-dealkylation sites (N-methyl/N-ethyl adjacent to an activating group) is 1. The number of carbonyl (C=O) groups excluding carboxylic acids is 1. The topological polar surface area (TPSA) is 93.9 Å². The smallest absolute Gasteiger partial charge is 0.294 e. The number of nitrogens with one attached hydrogen (secondary N) is 1. The van der Waals surface area contributed by atoms with Crippen molar-refractivity contribution in [2.24, 2.45) is 0 Å². The van der Waals surface area contributed by atoms with E-state index >= 15 is 0 Å². The molecule has 1 unspecified atom stereocenters. The fourth-order valence-corrected chi connectivity index (χ4v) is 2.93. The van der Waals surface area contributed by atoms with Gasteiger partial charge in [0.1, 0.15) is 18.4 Å². The van der Waals surface area contributed by atoms with E-state index in [0.717, 1.165) is 0 Å². The molecule has 8 nitrogen and oxygen atoms in total. The van der Waals surface area contributed by atoms with Gasteiger partial charge in [0.15, 0.2) is 11.5 Å². The molecular formula is C18H18ClN3O5. The van der Waals surface area contributed by atoms with Gasteiger partial charge in [0.25, 0.3) is 5.69 Å². The number of fused-ring (bicyclic) bond motifs is 1. The molecular weight excluding hydrogens is 374 g/mol. The van der Waals surface area contributed by atoms with Crippen LogP contribution in [0.5, 0.6) is 11.5 Å². The minimum absolute atomic E-state index is 0.0429. The Kier molecular flexibility index (Phi) is 5.78. The standard InChI is InChI=1S/C18H18ClN3O5/c1-21(9-13-11-26-16-4-2-3-5-17(16)27-13)10-18(23)20-14-7-6-12(19)8-15(14)22(24)25/h2-8,13H,9-11H2,1H3,(H,20,23). The zero-order valence-electron chi connectivity index (χ0n) is 14.6. The fraction of sp³-hybridized carbons (Fsp3) is 0.278. The van der Waals surface area contributed by atoms with Crippen molar-refractivity contribution in [3.05, 3.63) is 57.6 Å². The lowest BCUT2D eigenvalue weighted by Crippen LogP contribution is -2.42. The Bertz CT molecular complexity index is 861. The minimum Gasteiger partial charge on any atom is -0.486 e. The average Bonchev–Trinajstić information content (AvgIpc) is 2.62. The van der Waals surface area contributed by atoms with E-state index in [1.165, 1.54) is 18.2 Å². The Morgan fingerprint density at radius 1 is 1.33 bits per heavy atom. The van der Waals surface area contributed by atoms with Gasteiger partial charge >= 0.3 is 0 Å². The second-order valence-electron chi connectivity index (χ2n) is 6.16. The van der Waals surface area contributed by atoms with Crippen LogP contribution in [0, 0.1) is 10.1 Å². The molecule has 0 aliphatic carbocycles. The van der Waals surface area contributed by atoms with Gasteiger partial charge in [-0.15, -0.1) is 0 Å². The summed E-state index contributed by atoms with van der Waals surface area (Å²) in [6, 6.07) is 11.5. The zero-order valence-corrected chi connectivity index (χ0v) is 15.3. The number of anilines is 1. The third kappa shape index (κ3) is 4.87. The lowest BCUT2D eigenvalue weighted by atomic mass is 10.2. The second kappa shape index (κ2) is 8.24. The van der Waals surface area contributed by atoms with Crippen molar-refractivity contribution in [2.75, 3.05) is 32.1 Å². The summed E-state index contributed by atoms with van der Waals surface area (Å²) in [5.41, 5.74) is -0.145. The monoisotopic (exact) mass is 391 g/mol. The predicted octanol–water partition coefficient (Wildman–Crippen LogP) is 2.96. The van der Waals surface area contributed by atoms with Crippen LogP contribution in [-0.4, -0.2) is 48.6 Å². The van der Waals surface area contributed by atoms with E-state index in [1.54, 1.807) is 11.9 Å². The molecule has 0 bridgehead atoms. The van der Waals surface area contributed by atoms with Crippen molar-refractivity contribution < 1.29 is 19.2 Å². The Hall–Kier alpha value is -2.84. The predicted molar refractivity (Wildman–Crippen MR) is 101 cm³/mol. The van der Waals surface area contributed by atoms with Crippen molar-refractivity contribution in [1.29, 1.82) is 0 Å². The second-order valence-corrected chi connectivity index (χ2v) is 6.60. The van der Waals surface area contributed by atoms with Crippen molar-refractivity contribution >= 4 is 28.9 Å². The summed E-state index contributed by atoms with van der Waals surface area (Å²) >= 11 is 5.78. The number of benzene rings is 2. The van der Waals surface area contributed by atoms with Crippen LogP contribution in [-0.2, 0) is 4.79 Å². The Balaban J connectivity index is 1.55. The maximum atomic E-state index is 12.2. The molecule has 1 amide bonds. The highest BCUT2D eigenvalue weighted by Crippen LogP contribution is 2.31. The van der Waals surface area contributed by atoms with E-state index in [2.05, 4.69) is 5.32 Å². The Morgan fingerprint density at radius 2 is 2.07 bits per heavy atom. The fourth-order valence-electron chi connectivity index (χ4n) is 2.76. The van der Waals surface area contributed by atoms with Gasteiger partial charge in [-0.1, -0.05) is 23.7 Å². The Morgan fingerprint density at radius 3 is 2.81 bits per heavy atom. The number of para-hydroxylation sites is 2. The number of nitro groups is 1. The number of ether oxygens (including phenoxy) is 2. The molecule has 142 valence electrons. The quantitative estimate of drug-likeness (QED) is 0.601. The first-order valence-corrected chi connectivity index (χ1v) is 8.61. The molecule has 1 aliphatic heterocycles.